The predicted molar refractivity (Wildman–Crippen MR) is 64.4 cm³/mol. The lowest BCUT2D eigenvalue weighted by Crippen LogP contribution is -2.10. The summed E-state index contributed by atoms with van der Waals surface area (Å²) in [6.07, 6.45) is 3.70. The molecule has 2 aliphatic rings. The number of thiophene rings is 1. The molecular weight excluding hydrogens is 328 g/mol. The Hall–Kier alpha value is 0.620. The lowest BCUT2D eigenvalue weighted by atomic mass is 10.1. The van der Waals surface area contributed by atoms with E-state index in [9.17, 15) is 5.11 Å². The molecule has 76 valence electrons. The van der Waals surface area contributed by atoms with E-state index in [-0.39, 0.29) is 0 Å². The van der Waals surface area contributed by atoms with Crippen LogP contribution in [0.2, 0.25) is 0 Å². The summed E-state index contributed by atoms with van der Waals surface area (Å²) in [5, 5.41) is 10.5. The van der Waals surface area contributed by atoms with Crippen LogP contribution in [-0.4, -0.2) is 5.11 Å². The van der Waals surface area contributed by atoms with E-state index in [4.69, 9.17) is 0 Å². The summed E-state index contributed by atoms with van der Waals surface area (Å²) in [4.78, 5) is 1.13. The fourth-order valence-corrected chi connectivity index (χ4v) is 5.08. The number of halogens is 2. The molecule has 2 atom stereocenters. The number of aliphatic hydroxyl groups is 1. The van der Waals surface area contributed by atoms with Crippen LogP contribution in [0.3, 0.4) is 0 Å². The fourth-order valence-electron chi connectivity index (χ4n) is 2.83. The van der Waals surface area contributed by atoms with E-state index in [0.717, 1.165) is 13.1 Å². The monoisotopic (exact) mass is 336 g/mol. The van der Waals surface area contributed by atoms with E-state index in [1.165, 1.54) is 19.3 Å². The molecule has 2 saturated carbocycles. The first kappa shape index (κ1) is 9.82. The SMILES string of the molecule is OC1(c2cc(Br)c(Br)s2)C2CCCC21. The molecule has 0 bridgehead atoms. The normalized spacial score (nSPS) is 39.9. The van der Waals surface area contributed by atoms with Gasteiger partial charge in [0, 0.05) is 9.35 Å². The van der Waals surface area contributed by atoms with Gasteiger partial charge in [0.05, 0.1) is 3.79 Å². The van der Waals surface area contributed by atoms with Crippen LogP contribution in [0.1, 0.15) is 24.1 Å². The van der Waals surface area contributed by atoms with Crippen molar-refractivity contribution < 1.29 is 5.11 Å². The predicted octanol–water partition coefficient (Wildman–Crippen LogP) is 3.89. The van der Waals surface area contributed by atoms with E-state index >= 15 is 0 Å². The molecule has 2 fully saturated rings. The van der Waals surface area contributed by atoms with Crippen molar-refractivity contribution >= 4 is 43.2 Å². The summed E-state index contributed by atoms with van der Waals surface area (Å²) < 4.78 is 2.15. The van der Waals surface area contributed by atoms with Crippen molar-refractivity contribution in [3.05, 3.63) is 19.2 Å². The molecule has 0 saturated heterocycles. The quantitative estimate of drug-likeness (QED) is 0.824. The largest absolute Gasteiger partial charge is 0.384 e. The van der Waals surface area contributed by atoms with E-state index in [1.807, 2.05) is 0 Å². The molecule has 0 spiro atoms. The van der Waals surface area contributed by atoms with Gasteiger partial charge in [0.2, 0.25) is 0 Å². The van der Waals surface area contributed by atoms with Gasteiger partial charge >= 0.3 is 0 Å². The van der Waals surface area contributed by atoms with Gasteiger partial charge in [-0.05, 0) is 62.6 Å². The minimum Gasteiger partial charge on any atom is -0.384 e. The topological polar surface area (TPSA) is 20.2 Å². The molecule has 2 aliphatic carbocycles. The van der Waals surface area contributed by atoms with Crippen molar-refractivity contribution in [1.82, 2.24) is 0 Å². The summed E-state index contributed by atoms with van der Waals surface area (Å²) in [6.45, 7) is 0. The van der Waals surface area contributed by atoms with Crippen LogP contribution in [-0.2, 0) is 5.60 Å². The van der Waals surface area contributed by atoms with Crippen LogP contribution in [0.25, 0.3) is 0 Å². The van der Waals surface area contributed by atoms with Gasteiger partial charge in [0.25, 0.3) is 0 Å². The number of hydrogen-bond acceptors (Lipinski definition) is 2. The van der Waals surface area contributed by atoms with E-state index in [0.29, 0.717) is 11.8 Å². The minimum absolute atomic E-state index is 0.475. The van der Waals surface area contributed by atoms with Crippen molar-refractivity contribution in [2.45, 2.75) is 24.9 Å². The molecular formula is C10H10Br2OS. The van der Waals surface area contributed by atoms with Crippen LogP contribution < -0.4 is 0 Å². The minimum atomic E-state index is -0.475. The third-order valence-corrected chi connectivity index (χ3v) is 6.97. The molecule has 1 aromatic rings. The Morgan fingerprint density at radius 2 is 2.00 bits per heavy atom. The Bertz CT molecular complexity index is 358. The average Bonchev–Trinajstić information content (AvgIpc) is 2.62. The molecule has 1 heterocycles. The Labute approximate surface area is 104 Å². The third-order valence-electron chi connectivity index (χ3n) is 3.58. The van der Waals surface area contributed by atoms with Crippen molar-refractivity contribution in [1.29, 1.82) is 0 Å². The zero-order valence-electron chi connectivity index (χ0n) is 7.46. The average molecular weight is 338 g/mol. The van der Waals surface area contributed by atoms with Crippen molar-refractivity contribution in [3.63, 3.8) is 0 Å². The summed E-state index contributed by atoms with van der Waals surface area (Å²) in [6, 6.07) is 2.06. The summed E-state index contributed by atoms with van der Waals surface area (Å²) in [7, 11) is 0. The van der Waals surface area contributed by atoms with Crippen LogP contribution in [0, 0.1) is 11.8 Å². The van der Waals surface area contributed by atoms with Crippen LogP contribution in [0.4, 0.5) is 0 Å². The van der Waals surface area contributed by atoms with Gasteiger partial charge in [0.1, 0.15) is 5.60 Å². The maximum Gasteiger partial charge on any atom is 0.105 e. The van der Waals surface area contributed by atoms with Gasteiger partial charge in [-0.15, -0.1) is 11.3 Å². The van der Waals surface area contributed by atoms with Gasteiger partial charge in [-0.3, -0.25) is 0 Å². The highest BCUT2D eigenvalue weighted by molar-refractivity contribution is 9.13. The molecule has 3 rings (SSSR count). The van der Waals surface area contributed by atoms with Crippen molar-refractivity contribution in [3.8, 4) is 0 Å². The maximum absolute atomic E-state index is 10.5. The highest BCUT2D eigenvalue weighted by Crippen LogP contribution is 2.67. The molecule has 14 heavy (non-hydrogen) atoms. The van der Waals surface area contributed by atoms with Crippen molar-refractivity contribution in [2.75, 3.05) is 0 Å². The first-order valence-corrected chi connectivity index (χ1v) is 7.22. The molecule has 0 radical (unpaired) electrons. The first-order chi connectivity index (χ1) is 6.64. The second-order valence-corrected chi connectivity index (χ2v) is 7.43. The van der Waals surface area contributed by atoms with Gasteiger partial charge in [-0.25, -0.2) is 0 Å². The zero-order valence-corrected chi connectivity index (χ0v) is 11.5. The molecule has 0 aliphatic heterocycles. The zero-order chi connectivity index (χ0) is 9.92. The van der Waals surface area contributed by atoms with Crippen LogP contribution in [0.15, 0.2) is 14.3 Å². The van der Waals surface area contributed by atoms with Gasteiger partial charge in [0.15, 0.2) is 0 Å². The lowest BCUT2D eigenvalue weighted by Gasteiger charge is -2.11. The Morgan fingerprint density at radius 1 is 1.36 bits per heavy atom. The number of rotatable bonds is 1. The van der Waals surface area contributed by atoms with Crippen LogP contribution in [0.5, 0.6) is 0 Å². The smallest absolute Gasteiger partial charge is 0.105 e. The van der Waals surface area contributed by atoms with Gasteiger partial charge in [-0.1, -0.05) is 6.42 Å². The Balaban J connectivity index is 1.97. The molecule has 2 unspecified atom stereocenters. The van der Waals surface area contributed by atoms with Crippen LogP contribution >= 0.6 is 43.2 Å². The number of hydrogen-bond donors (Lipinski definition) is 1. The molecule has 4 heteroatoms. The molecule has 0 amide bonds. The highest BCUT2D eigenvalue weighted by Gasteiger charge is 2.66. The van der Waals surface area contributed by atoms with E-state index in [2.05, 4.69) is 37.9 Å². The van der Waals surface area contributed by atoms with E-state index in [1.54, 1.807) is 11.3 Å². The van der Waals surface area contributed by atoms with Gasteiger partial charge in [-0.2, -0.15) is 0 Å². The Morgan fingerprint density at radius 3 is 2.50 bits per heavy atom. The maximum atomic E-state index is 10.5. The second-order valence-electron chi connectivity index (χ2n) is 4.20. The number of fused-ring (bicyclic) bond motifs is 1. The van der Waals surface area contributed by atoms with E-state index < -0.39 is 5.60 Å². The van der Waals surface area contributed by atoms with Gasteiger partial charge < -0.3 is 5.11 Å². The highest BCUT2D eigenvalue weighted by atomic mass is 79.9. The molecule has 1 N–H and O–H groups in total. The molecule has 1 aromatic heterocycles. The first-order valence-electron chi connectivity index (χ1n) is 4.81. The standard InChI is InChI=1S/C10H10Br2OS/c11-7-4-8(14-9(7)12)10(13)5-2-1-3-6(5)10/h4-6,13H,1-3H2. The molecule has 1 nitrogen and oxygen atoms in total. The summed E-state index contributed by atoms with van der Waals surface area (Å²) in [5.41, 5.74) is -0.475. The van der Waals surface area contributed by atoms with Crippen molar-refractivity contribution in [2.24, 2.45) is 11.8 Å². The fraction of sp³-hybridized carbons (Fsp3) is 0.600. The summed E-state index contributed by atoms with van der Waals surface area (Å²) in [5.74, 6) is 1.08. The third kappa shape index (κ3) is 1.14. The molecule has 0 aromatic carbocycles. The lowest BCUT2D eigenvalue weighted by molar-refractivity contribution is 0.109. The second kappa shape index (κ2) is 3.06. The Kier molecular flexibility index (Phi) is 2.15. The summed E-state index contributed by atoms with van der Waals surface area (Å²) >= 11 is 8.61.